The van der Waals surface area contributed by atoms with E-state index in [1.54, 1.807) is 0 Å². The molecule has 0 fully saturated rings. The summed E-state index contributed by atoms with van der Waals surface area (Å²) in [4.78, 5) is 2.48. The Labute approximate surface area is 113 Å². The third-order valence-corrected chi connectivity index (χ3v) is 4.31. The van der Waals surface area contributed by atoms with E-state index in [2.05, 4.69) is 72.5 Å². The molecule has 0 spiro atoms. The van der Waals surface area contributed by atoms with Crippen LogP contribution >= 0.6 is 0 Å². The maximum absolute atomic E-state index is 2.48. The van der Waals surface area contributed by atoms with E-state index in [0.717, 1.165) is 0 Å². The van der Waals surface area contributed by atoms with Crippen molar-refractivity contribution in [1.29, 1.82) is 0 Å². The Morgan fingerprint density at radius 2 is 1.33 bits per heavy atom. The quantitative estimate of drug-likeness (QED) is 0.741. The van der Waals surface area contributed by atoms with Crippen LogP contribution < -0.4 is 4.90 Å². The summed E-state index contributed by atoms with van der Waals surface area (Å²) in [6.45, 7) is 2.26. The molecule has 1 unspecified atom stereocenters. The topological polar surface area (TPSA) is 3.24 Å². The number of para-hydroxylation sites is 2. The Morgan fingerprint density at radius 1 is 0.889 bits per heavy atom. The molecule has 2 heteroatoms. The first-order valence-electron chi connectivity index (χ1n) is 6.72. The van der Waals surface area contributed by atoms with Crippen LogP contribution in [0.2, 0.25) is 0 Å². The van der Waals surface area contributed by atoms with Gasteiger partial charge in [-0.05, 0) is 30.7 Å². The van der Waals surface area contributed by atoms with E-state index >= 15 is 0 Å². The molecule has 94 valence electrons. The van der Waals surface area contributed by atoms with Crippen LogP contribution in [0, 0.1) is 0 Å². The number of hydrogen-bond acceptors (Lipinski definition) is 1. The summed E-state index contributed by atoms with van der Waals surface area (Å²) in [5.74, 6) is 0. The molecule has 0 amide bonds. The average molecular weight is 255 g/mol. The average Bonchev–Trinajstić information content (AvgIpc) is 2.42. The van der Waals surface area contributed by atoms with E-state index in [0.29, 0.717) is 5.67 Å². The monoisotopic (exact) mass is 255 g/mol. The van der Waals surface area contributed by atoms with Gasteiger partial charge in [-0.3, -0.25) is 0 Å². The summed E-state index contributed by atoms with van der Waals surface area (Å²) in [7, 11) is 1.18. The molecule has 18 heavy (non-hydrogen) atoms. The van der Waals surface area contributed by atoms with Crippen LogP contribution in [-0.2, 0) is 0 Å². The van der Waals surface area contributed by atoms with Crippen molar-refractivity contribution >= 4 is 21.6 Å². The highest BCUT2D eigenvalue weighted by atomic mass is 28.1. The fourth-order valence-corrected chi connectivity index (χ4v) is 3.56. The van der Waals surface area contributed by atoms with E-state index < -0.39 is 0 Å². The molecule has 0 saturated heterocycles. The Morgan fingerprint density at radius 3 is 1.72 bits per heavy atom. The van der Waals surface area contributed by atoms with Crippen LogP contribution in [0.4, 0.5) is 11.4 Å². The molecule has 0 aliphatic carbocycles. The number of hydrogen-bond donors (Lipinski definition) is 0. The van der Waals surface area contributed by atoms with Gasteiger partial charge in [0.1, 0.15) is 0 Å². The Balaban J connectivity index is 2.35. The Bertz CT molecular complexity index is 416. The van der Waals surface area contributed by atoms with Crippen LogP contribution in [0.5, 0.6) is 0 Å². The van der Waals surface area contributed by atoms with Gasteiger partial charge < -0.3 is 4.90 Å². The molecule has 2 rings (SSSR count). The van der Waals surface area contributed by atoms with Crippen LogP contribution in [-0.4, -0.2) is 15.9 Å². The second-order valence-corrected chi connectivity index (χ2v) is 6.01. The molecule has 0 aliphatic rings. The molecule has 0 heterocycles. The molecule has 2 aromatic rings. The van der Waals surface area contributed by atoms with Crippen molar-refractivity contribution in [2.45, 2.75) is 25.4 Å². The van der Waals surface area contributed by atoms with Gasteiger partial charge in [-0.25, -0.2) is 0 Å². The highest BCUT2D eigenvalue weighted by Crippen LogP contribution is 2.27. The molecule has 1 nitrogen and oxygen atoms in total. The lowest BCUT2D eigenvalue weighted by atomic mass is 10.2. The van der Waals surface area contributed by atoms with E-state index in [1.165, 1.54) is 34.5 Å². The molecular formula is C16H21NSi. The van der Waals surface area contributed by atoms with Crippen LogP contribution in [0.3, 0.4) is 0 Å². The molecule has 1 atom stereocenters. The summed E-state index contributed by atoms with van der Waals surface area (Å²) >= 11 is 0. The second-order valence-electron chi connectivity index (χ2n) is 4.68. The van der Waals surface area contributed by atoms with Gasteiger partial charge in [0.2, 0.25) is 0 Å². The maximum atomic E-state index is 2.48. The van der Waals surface area contributed by atoms with Crippen LogP contribution in [0.1, 0.15) is 19.8 Å². The second kappa shape index (κ2) is 6.41. The van der Waals surface area contributed by atoms with Gasteiger partial charge in [0.25, 0.3) is 0 Å². The predicted octanol–water partition coefficient (Wildman–Crippen LogP) is 3.32. The van der Waals surface area contributed by atoms with Gasteiger partial charge in [0.05, 0.1) is 0 Å². The highest BCUT2D eigenvalue weighted by molar-refractivity contribution is 6.14. The Hall–Kier alpha value is -1.54. The summed E-state index contributed by atoms with van der Waals surface area (Å²) in [5.41, 5.74) is 3.26. The van der Waals surface area contributed by atoms with Crippen molar-refractivity contribution in [3.8, 4) is 0 Å². The molecule has 0 saturated carbocycles. The van der Waals surface area contributed by atoms with Crippen molar-refractivity contribution in [3.05, 3.63) is 60.7 Å². The van der Waals surface area contributed by atoms with E-state index in [4.69, 9.17) is 0 Å². The van der Waals surface area contributed by atoms with Crippen LogP contribution in [0.25, 0.3) is 0 Å². The molecule has 0 aliphatic heterocycles. The summed E-state index contributed by atoms with van der Waals surface area (Å²) in [6, 6.07) is 21.4. The first-order chi connectivity index (χ1) is 8.83. The summed E-state index contributed by atoms with van der Waals surface area (Å²) < 4.78 is 0. The van der Waals surface area contributed by atoms with Crippen molar-refractivity contribution in [2.75, 3.05) is 4.90 Å². The maximum Gasteiger partial charge on any atom is 0.0410 e. The Kier molecular flexibility index (Phi) is 4.59. The summed E-state index contributed by atoms with van der Waals surface area (Å²) in [6.07, 6.45) is 2.50. The van der Waals surface area contributed by atoms with Crippen molar-refractivity contribution in [3.63, 3.8) is 0 Å². The number of nitrogens with zero attached hydrogens (tertiary/aromatic N) is 1. The normalized spacial score (nSPS) is 12.3. The van der Waals surface area contributed by atoms with E-state index in [9.17, 15) is 0 Å². The lowest BCUT2D eigenvalue weighted by Crippen LogP contribution is -2.31. The molecular weight excluding hydrogens is 234 g/mol. The lowest BCUT2D eigenvalue weighted by Gasteiger charge is -2.31. The molecule has 0 aromatic heterocycles. The molecule has 0 N–H and O–H groups in total. The third kappa shape index (κ3) is 3.02. The van der Waals surface area contributed by atoms with Crippen molar-refractivity contribution in [2.24, 2.45) is 0 Å². The minimum Gasteiger partial charge on any atom is -0.343 e. The third-order valence-electron chi connectivity index (χ3n) is 3.22. The zero-order chi connectivity index (χ0) is 12.8. The number of rotatable bonds is 5. The SMILES string of the molecule is CCCC([SiH3])N(c1ccccc1)c1ccccc1. The van der Waals surface area contributed by atoms with Crippen LogP contribution in [0.15, 0.2) is 60.7 Å². The van der Waals surface area contributed by atoms with Gasteiger partial charge in [-0.15, -0.1) is 0 Å². The zero-order valence-corrected chi connectivity index (χ0v) is 13.2. The molecule has 0 bridgehead atoms. The smallest absolute Gasteiger partial charge is 0.0410 e. The first kappa shape index (κ1) is 12.9. The minimum absolute atomic E-state index is 0.653. The minimum atomic E-state index is 0.653. The summed E-state index contributed by atoms with van der Waals surface area (Å²) in [5, 5.41) is 0. The van der Waals surface area contributed by atoms with Gasteiger partial charge in [0.15, 0.2) is 0 Å². The first-order valence-corrected chi connectivity index (χ1v) is 7.87. The predicted molar refractivity (Wildman–Crippen MR) is 83.7 cm³/mol. The van der Waals surface area contributed by atoms with Gasteiger partial charge in [-0.2, -0.15) is 0 Å². The zero-order valence-electron chi connectivity index (χ0n) is 11.2. The van der Waals surface area contributed by atoms with E-state index in [-0.39, 0.29) is 0 Å². The van der Waals surface area contributed by atoms with Crippen molar-refractivity contribution < 1.29 is 0 Å². The van der Waals surface area contributed by atoms with E-state index in [1.807, 2.05) is 0 Å². The number of anilines is 2. The highest BCUT2D eigenvalue weighted by Gasteiger charge is 2.15. The largest absolute Gasteiger partial charge is 0.343 e. The number of benzene rings is 2. The molecule has 0 radical (unpaired) electrons. The van der Waals surface area contributed by atoms with Gasteiger partial charge in [-0.1, -0.05) is 49.7 Å². The van der Waals surface area contributed by atoms with Crippen molar-refractivity contribution in [1.82, 2.24) is 0 Å². The van der Waals surface area contributed by atoms with Gasteiger partial charge >= 0.3 is 0 Å². The fourth-order valence-electron chi connectivity index (χ4n) is 2.38. The fraction of sp³-hybridized carbons (Fsp3) is 0.250. The lowest BCUT2D eigenvalue weighted by molar-refractivity contribution is 0.734. The molecule has 2 aromatic carbocycles. The van der Waals surface area contributed by atoms with Gasteiger partial charge in [0, 0.05) is 27.3 Å². The standard InChI is InChI=1S/C16H21NSi/c1-2-9-16(18)17(14-10-5-3-6-11-14)15-12-7-4-8-13-15/h3-8,10-13,16H,2,9H2,1,18H3.